The molecule has 0 aromatic rings. The molecule has 1 aliphatic rings. The molecule has 0 bridgehead atoms. The fourth-order valence-electron chi connectivity index (χ4n) is 1.26. The van der Waals surface area contributed by atoms with Gasteiger partial charge in [-0.3, -0.25) is 4.79 Å². The van der Waals surface area contributed by atoms with E-state index in [2.05, 4.69) is 0 Å². The van der Waals surface area contributed by atoms with E-state index >= 15 is 0 Å². The fraction of sp³-hybridized carbons (Fsp3) is 0.667. The number of hydrogen-bond donors (Lipinski definition) is 0. The maximum atomic E-state index is 11.7. The van der Waals surface area contributed by atoms with Crippen LogP contribution in [0.15, 0.2) is 11.6 Å². The van der Waals surface area contributed by atoms with Gasteiger partial charge in [0.25, 0.3) is 0 Å². The molecule has 1 fully saturated rings. The van der Waals surface area contributed by atoms with Crippen molar-refractivity contribution in [2.45, 2.75) is 20.3 Å². The summed E-state index contributed by atoms with van der Waals surface area (Å²) in [4.78, 5) is 13.6. The minimum Gasteiger partial charge on any atom is -0.329 e. The lowest BCUT2D eigenvalue weighted by molar-refractivity contribution is -0.125. The first-order valence-corrected chi connectivity index (χ1v) is 5.47. The highest BCUT2D eigenvalue weighted by atomic mass is 32.2. The van der Waals surface area contributed by atoms with Crippen molar-refractivity contribution in [2.75, 3.05) is 18.2 Å². The second-order valence-corrected chi connectivity index (χ2v) is 3.85. The normalized spacial score (nSPS) is 18.5. The molecule has 0 saturated carbocycles. The first kappa shape index (κ1) is 9.65. The van der Waals surface area contributed by atoms with Gasteiger partial charge in [-0.1, -0.05) is 13.0 Å². The van der Waals surface area contributed by atoms with Crippen LogP contribution in [0.4, 0.5) is 0 Å². The summed E-state index contributed by atoms with van der Waals surface area (Å²) in [6.07, 6.45) is 2.77. The summed E-state index contributed by atoms with van der Waals surface area (Å²) >= 11 is 1.83. The second-order valence-electron chi connectivity index (χ2n) is 2.77. The molecular formula is C9H15NOS. The van der Waals surface area contributed by atoms with Crippen molar-refractivity contribution in [1.82, 2.24) is 4.90 Å². The number of allylic oxidation sites excluding steroid dienone is 1. The summed E-state index contributed by atoms with van der Waals surface area (Å²) in [6.45, 7) is 4.87. The predicted molar refractivity (Wildman–Crippen MR) is 53.1 cm³/mol. The van der Waals surface area contributed by atoms with Gasteiger partial charge in [-0.05, 0) is 13.3 Å². The van der Waals surface area contributed by atoms with Gasteiger partial charge >= 0.3 is 0 Å². The maximum Gasteiger partial charge on any atom is 0.250 e. The van der Waals surface area contributed by atoms with Gasteiger partial charge in [0, 0.05) is 17.9 Å². The van der Waals surface area contributed by atoms with Crippen molar-refractivity contribution in [2.24, 2.45) is 0 Å². The Balaban J connectivity index is 2.56. The van der Waals surface area contributed by atoms with Crippen molar-refractivity contribution in [3.63, 3.8) is 0 Å². The molecule has 12 heavy (non-hydrogen) atoms. The molecule has 1 amide bonds. The van der Waals surface area contributed by atoms with E-state index < -0.39 is 0 Å². The van der Waals surface area contributed by atoms with Crippen LogP contribution < -0.4 is 0 Å². The molecule has 0 aliphatic carbocycles. The molecule has 0 N–H and O–H groups in total. The lowest BCUT2D eigenvalue weighted by Crippen LogP contribution is -2.28. The largest absolute Gasteiger partial charge is 0.329 e. The lowest BCUT2D eigenvalue weighted by atomic mass is 10.2. The van der Waals surface area contributed by atoms with Crippen LogP contribution in [0.2, 0.25) is 0 Å². The van der Waals surface area contributed by atoms with E-state index in [1.54, 1.807) is 0 Å². The standard InChI is InChI=1S/C9H15NOS/c1-3-8(4-2)9(11)10-5-6-12-7-10/h3H,4-7H2,1-2H3/b8-3+. The van der Waals surface area contributed by atoms with Crippen molar-refractivity contribution < 1.29 is 4.79 Å². The van der Waals surface area contributed by atoms with Gasteiger partial charge in [0.2, 0.25) is 5.91 Å². The van der Waals surface area contributed by atoms with E-state index in [4.69, 9.17) is 0 Å². The van der Waals surface area contributed by atoms with Gasteiger partial charge in [-0.25, -0.2) is 0 Å². The summed E-state index contributed by atoms with van der Waals surface area (Å²) < 4.78 is 0. The molecule has 1 saturated heterocycles. The Hall–Kier alpha value is -0.440. The number of amides is 1. The maximum absolute atomic E-state index is 11.7. The second kappa shape index (κ2) is 4.55. The smallest absolute Gasteiger partial charge is 0.250 e. The molecule has 0 aromatic heterocycles. The summed E-state index contributed by atoms with van der Waals surface area (Å²) in [5.41, 5.74) is 0.942. The zero-order chi connectivity index (χ0) is 8.97. The van der Waals surface area contributed by atoms with Crippen molar-refractivity contribution in [3.8, 4) is 0 Å². The van der Waals surface area contributed by atoms with E-state index in [0.717, 1.165) is 30.2 Å². The topological polar surface area (TPSA) is 20.3 Å². The van der Waals surface area contributed by atoms with E-state index in [1.807, 2.05) is 36.6 Å². The van der Waals surface area contributed by atoms with Crippen LogP contribution in [-0.2, 0) is 4.79 Å². The van der Waals surface area contributed by atoms with Gasteiger partial charge < -0.3 is 4.90 Å². The van der Waals surface area contributed by atoms with Gasteiger partial charge in [-0.2, -0.15) is 0 Å². The predicted octanol–water partition coefficient (Wildman–Crippen LogP) is 1.88. The van der Waals surface area contributed by atoms with E-state index in [-0.39, 0.29) is 5.91 Å². The zero-order valence-corrected chi connectivity index (χ0v) is 8.49. The van der Waals surface area contributed by atoms with Crippen LogP contribution in [-0.4, -0.2) is 29.0 Å². The van der Waals surface area contributed by atoms with Crippen LogP contribution in [0, 0.1) is 0 Å². The molecule has 0 spiro atoms. The van der Waals surface area contributed by atoms with Gasteiger partial charge in [0.1, 0.15) is 0 Å². The van der Waals surface area contributed by atoms with Crippen LogP contribution in [0.5, 0.6) is 0 Å². The summed E-state index contributed by atoms with van der Waals surface area (Å²) in [5, 5.41) is 0. The van der Waals surface area contributed by atoms with Crippen molar-refractivity contribution in [3.05, 3.63) is 11.6 Å². The van der Waals surface area contributed by atoms with E-state index in [0.29, 0.717) is 0 Å². The highest BCUT2D eigenvalue weighted by Gasteiger charge is 2.19. The number of rotatable bonds is 2. The third kappa shape index (κ3) is 2.03. The molecular weight excluding hydrogens is 170 g/mol. The third-order valence-electron chi connectivity index (χ3n) is 2.04. The molecule has 0 aromatic carbocycles. The molecule has 1 rings (SSSR count). The minimum absolute atomic E-state index is 0.227. The zero-order valence-electron chi connectivity index (χ0n) is 7.67. The molecule has 2 nitrogen and oxygen atoms in total. The number of carbonyl (C=O) groups excluding carboxylic acids is 1. The van der Waals surface area contributed by atoms with Crippen molar-refractivity contribution >= 4 is 17.7 Å². The average molecular weight is 185 g/mol. The Morgan fingerprint density at radius 3 is 2.83 bits per heavy atom. The third-order valence-corrected chi connectivity index (χ3v) is 3.01. The lowest BCUT2D eigenvalue weighted by Gasteiger charge is -2.15. The average Bonchev–Trinajstić information content (AvgIpc) is 2.58. The van der Waals surface area contributed by atoms with Crippen LogP contribution in [0.25, 0.3) is 0 Å². The van der Waals surface area contributed by atoms with Gasteiger partial charge in [0.15, 0.2) is 0 Å². The fourth-order valence-corrected chi connectivity index (χ4v) is 2.20. The Morgan fingerprint density at radius 1 is 1.67 bits per heavy atom. The SMILES string of the molecule is C/C=C(\CC)C(=O)N1CCSC1. The number of carbonyl (C=O) groups is 1. The first-order chi connectivity index (χ1) is 5.79. The monoisotopic (exact) mass is 185 g/mol. The molecule has 1 aliphatic heterocycles. The van der Waals surface area contributed by atoms with E-state index in [9.17, 15) is 4.79 Å². The van der Waals surface area contributed by atoms with Crippen molar-refractivity contribution in [1.29, 1.82) is 0 Å². The van der Waals surface area contributed by atoms with Gasteiger partial charge in [0.05, 0.1) is 5.88 Å². The minimum atomic E-state index is 0.227. The highest BCUT2D eigenvalue weighted by Crippen LogP contribution is 2.16. The molecule has 0 atom stereocenters. The Kier molecular flexibility index (Phi) is 3.66. The first-order valence-electron chi connectivity index (χ1n) is 4.31. The molecule has 0 unspecified atom stereocenters. The highest BCUT2D eigenvalue weighted by molar-refractivity contribution is 7.99. The quantitative estimate of drug-likeness (QED) is 0.612. The summed E-state index contributed by atoms with van der Waals surface area (Å²) in [6, 6.07) is 0. The van der Waals surface area contributed by atoms with Crippen LogP contribution in [0.1, 0.15) is 20.3 Å². The molecule has 3 heteroatoms. The number of hydrogen-bond acceptors (Lipinski definition) is 2. The Bertz CT molecular complexity index is 195. The van der Waals surface area contributed by atoms with Crippen LogP contribution >= 0.6 is 11.8 Å². The summed E-state index contributed by atoms with van der Waals surface area (Å²) in [5.74, 6) is 2.19. The number of nitrogens with zero attached hydrogens (tertiary/aromatic N) is 1. The summed E-state index contributed by atoms with van der Waals surface area (Å²) in [7, 11) is 0. The van der Waals surface area contributed by atoms with Gasteiger partial charge in [-0.15, -0.1) is 11.8 Å². The Labute approximate surface area is 78.0 Å². The molecule has 1 heterocycles. The molecule has 68 valence electrons. The Morgan fingerprint density at radius 2 is 2.42 bits per heavy atom. The van der Waals surface area contributed by atoms with E-state index in [1.165, 1.54) is 0 Å². The number of thioether (sulfide) groups is 1. The molecule has 0 radical (unpaired) electrons. The van der Waals surface area contributed by atoms with Crippen LogP contribution in [0.3, 0.4) is 0 Å².